The molecule has 2 aliphatic carbocycles. The summed E-state index contributed by atoms with van der Waals surface area (Å²) in [6.07, 6.45) is 17.8. The zero-order valence-electron chi connectivity index (χ0n) is 14.6. The average molecular weight is 295 g/mol. The van der Waals surface area contributed by atoms with Crippen LogP contribution in [-0.4, -0.2) is 13.2 Å². The van der Waals surface area contributed by atoms with Crippen LogP contribution in [0.5, 0.6) is 0 Å². The van der Waals surface area contributed by atoms with Crippen LogP contribution in [0.2, 0.25) is 0 Å². The lowest BCUT2D eigenvalue weighted by atomic mass is 9.75. The first-order chi connectivity index (χ1) is 10.3. The van der Waals surface area contributed by atoms with Gasteiger partial charge in [0, 0.05) is 13.2 Å². The second kappa shape index (κ2) is 9.87. The summed E-state index contributed by atoms with van der Waals surface area (Å²) in [5.74, 6) is 4.04. The minimum absolute atomic E-state index is 0.866. The molecule has 21 heavy (non-hydrogen) atoms. The Bertz CT molecular complexity index is 247. The fourth-order valence-corrected chi connectivity index (χ4v) is 4.66. The number of ether oxygens (including phenoxy) is 1. The van der Waals surface area contributed by atoms with Crippen molar-refractivity contribution >= 4 is 0 Å². The molecule has 0 heterocycles. The molecule has 0 saturated heterocycles. The average Bonchev–Trinajstić information content (AvgIpc) is 2.53. The third-order valence-electron chi connectivity index (χ3n) is 6.17. The van der Waals surface area contributed by atoms with Gasteiger partial charge >= 0.3 is 0 Å². The molecule has 2 saturated carbocycles. The quantitative estimate of drug-likeness (QED) is 0.516. The molecule has 0 atom stereocenters. The molecule has 2 fully saturated rings. The van der Waals surface area contributed by atoms with Crippen molar-refractivity contribution in [2.45, 2.75) is 90.9 Å². The van der Waals surface area contributed by atoms with Crippen molar-refractivity contribution in [3.63, 3.8) is 0 Å². The Balaban J connectivity index is 1.54. The van der Waals surface area contributed by atoms with Crippen LogP contribution in [0.1, 0.15) is 90.9 Å². The van der Waals surface area contributed by atoms with Crippen molar-refractivity contribution in [3.05, 3.63) is 0 Å². The van der Waals surface area contributed by atoms with Crippen LogP contribution in [0.4, 0.5) is 0 Å². The van der Waals surface area contributed by atoms with Crippen LogP contribution in [0.25, 0.3) is 0 Å². The largest absolute Gasteiger partial charge is 0.381 e. The zero-order valence-corrected chi connectivity index (χ0v) is 14.6. The van der Waals surface area contributed by atoms with E-state index in [1.165, 1.54) is 77.0 Å². The van der Waals surface area contributed by atoms with Crippen molar-refractivity contribution in [3.8, 4) is 0 Å². The SMILES string of the molecule is CCC[C@H]1CC[C@H](CC[C@H]2CC[C@H](COCC)CC2)CC1. The monoisotopic (exact) mass is 294 g/mol. The van der Waals surface area contributed by atoms with Gasteiger partial charge in [-0.3, -0.25) is 0 Å². The minimum atomic E-state index is 0.866. The summed E-state index contributed by atoms with van der Waals surface area (Å²) in [4.78, 5) is 0. The highest BCUT2D eigenvalue weighted by molar-refractivity contribution is 4.76. The summed E-state index contributed by atoms with van der Waals surface area (Å²) >= 11 is 0. The fourth-order valence-electron chi connectivity index (χ4n) is 4.66. The minimum Gasteiger partial charge on any atom is -0.381 e. The molecule has 0 spiro atoms. The fraction of sp³-hybridized carbons (Fsp3) is 1.00. The molecule has 1 nitrogen and oxygen atoms in total. The molecule has 124 valence electrons. The van der Waals surface area contributed by atoms with Crippen LogP contribution in [0.15, 0.2) is 0 Å². The molecule has 0 radical (unpaired) electrons. The first-order valence-electron chi connectivity index (χ1n) is 9.89. The van der Waals surface area contributed by atoms with E-state index < -0.39 is 0 Å². The maximum atomic E-state index is 5.59. The lowest BCUT2D eigenvalue weighted by Crippen LogP contribution is -2.20. The smallest absolute Gasteiger partial charge is 0.0494 e. The van der Waals surface area contributed by atoms with E-state index >= 15 is 0 Å². The van der Waals surface area contributed by atoms with Gasteiger partial charge in [0.2, 0.25) is 0 Å². The summed E-state index contributed by atoms with van der Waals surface area (Å²) in [5, 5.41) is 0. The third kappa shape index (κ3) is 6.30. The molecule has 0 aromatic heterocycles. The Morgan fingerprint density at radius 2 is 1.05 bits per heavy atom. The van der Waals surface area contributed by atoms with Crippen molar-refractivity contribution in [2.24, 2.45) is 23.7 Å². The molecule has 0 unspecified atom stereocenters. The Morgan fingerprint density at radius 1 is 0.619 bits per heavy atom. The van der Waals surface area contributed by atoms with E-state index in [0.717, 1.165) is 36.9 Å². The zero-order chi connectivity index (χ0) is 14.9. The molecule has 0 amide bonds. The maximum absolute atomic E-state index is 5.59. The van der Waals surface area contributed by atoms with Gasteiger partial charge in [0.25, 0.3) is 0 Å². The van der Waals surface area contributed by atoms with Gasteiger partial charge < -0.3 is 4.74 Å². The molecule has 2 rings (SSSR count). The van der Waals surface area contributed by atoms with Crippen LogP contribution in [-0.2, 0) is 4.74 Å². The van der Waals surface area contributed by atoms with Gasteiger partial charge in [-0.2, -0.15) is 0 Å². The maximum Gasteiger partial charge on any atom is 0.0494 e. The predicted octanol–water partition coefficient (Wildman–Crippen LogP) is 6.22. The van der Waals surface area contributed by atoms with Crippen molar-refractivity contribution in [2.75, 3.05) is 13.2 Å². The van der Waals surface area contributed by atoms with Crippen LogP contribution < -0.4 is 0 Å². The third-order valence-corrected chi connectivity index (χ3v) is 6.17. The number of hydrogen-bond donors (Lipinski definition) is 0. The van der Waals surface area contributed by atoms with Gasteiger partial charge in [-0.1, -0.05) is 71.1 Å². The Labute approximate surface area is 133 Å². The Kier molecular flexibility index (Phi) is 8.14. The van der Waals surface area contributed by atoms with Gasteiger partial charge in [-0.25, -0.2) is 0 Å². The Morgan fingerprint density at radius 3 is 1.48 bits per heavy atom. The highest BCUT2D eigenvalue weighted by Gasteiger charge is 2.24. The highest BCUT2D eigenvalue weighted by Crippen LogP contribution is 2.37. The highest BCUT2D eigenvalue weighted by atomic mass is 16.5. The summed E-state index contributed by atoms with van der Waals surface area (Å²) in [6.45, 7) is 6.36. The van der Waals surface area contributed by atoms with Gasteiger partial charge in [0.05, 0.1) is 0 Å². The molecular weight excluding hydrogens is 256 g/mol. The number of hydrogen-bond acceptors (Lipinski definition) is 1. The van der Waals surface area contributed by atoms with Crippen molar-refractivity contribution < 1.29 is 4.74 Å². The molecule has 0 aromatic rings. The van der Waals surface area contributed by atoms with E-state index in [2.05, 4.69) is 13.8 Å². The summed E-state index contributed by atoms with van der Waals surface area (Å²) in [5.41, 5.74) is 0. The lowest BCUT2D eigenvalue weighted by Gasteiger charge is -2.32. The Hall–Kier alpha value is -0.0400. The molecule has 0 bridgehead atoms. The van der Waals surface area contributed by atoms with E-state index in [1.54, 1.807) is 0 Å². The van der Waals surface area contributed by atoms with Gasteiger partial charge in [0.15, 0.2) is 0 Å². The van der Waals surface area contributed by atoms with E-state index in [0.29, 0.717) is 0 Å². The standard InChI is InChI=1S/C20H38O/c1-3-5-17-6-8-18(9-7-17)10-11-19-12-14-20(15-13-19)16-21-4-2/h17-20H,3-16H2,1-2H3/t17-,18-,19-,20-. The van der Waals surface area contributed by atoms with Crippen molar-refractivity contribution in [1.82, 2.24) is 0 Å². The summed E-state index contributed by atoms with van der Waals surface area (Å²) in [7, 11) is 0. The van der Waals surface area contributed by atoms with E-state index in [1.807, 2.05) is 0 Å². The topological polar surface area (TPSA) is 9.23 Å². The van der Waals surface area contributed by atoms with Crippen LogP contribution >= 0.6 is 0 Å². The van der Waals surface area contributed by atoms with Crippen LogP contribution in [0, 0.1) is 23.7 Å². The molecule has 0 aromatic carbocycles. The van der Waals surface area contributed by atoms with E-state index in [-0.39, 0.29) is 0 Å². The molecular formula is C20H38O. The van der Waals surface area contributed by atoms with Gasteiger partial charge in [-0.05, 0) is 43.4 Å². The summed E-state index contributed by atoms with van der Waals surface area (Å²) < 4.78 is 5.59. The second-order valence-corrected chi connectivity index (χ2v) is 7.80. The lowest BCUT2D eigenvalue weighted by molar-refractivity contribution is 0.0842. The van der Waals surface area contributed by atoms with E-state index in [9.17, 15) is 0 Å². The molecule has 0 aliphatic heterocycles. The van der Waals surface area contributed by atoms with E-state index in [4.69, 9.17) is 4.74 Å². The molecule has 1 heteroatoms. The predicted molar refractivity (Wildman–Crippen MR) is 91.5 cm³/mol. The van der Waals surface area contributed by atoms with Gasteiger partial charge in [0.1, 0.15) is 0 Å². The number of rotatable bonds is 8. The normalized spacial score (nSPS) is 34.0. The first kappa shape index (κ1) is 17.3. The van der Waals surface area contributed by atoms with Crippen molar-refractivity contribution in [1.29, 1.82) is 0 Å². The second-order valence-electron chi connectivity index (χ2n) is 7.80. The molecule has 0 N–H and O–H groups in total. The van der Waals surface area contributed by atoms with Crippen LogP contribution in [0.3, 0.4) is 0 Å². The summed E-state index contributed by atoms with van der Waals surface area (Å²) in [6, 6.07) is 0. The van der Waals surface area contributed by atoms with Gasteiger partial charge in [-0.15, -0.1) is 0 Å². The first-order valence-corrected chi connectivity index (χ1v) is 9.89. The molecule has 2 aliphatic rings.